The molecule has 1 atom stereocenters. The summed E-state index contributed by atoms with van der Waals surface area (Å²) in [5.74, 6) is -0.733. The lowest BCUT2D eigenvalue weighted by molar-refractivity contribution is -0.124. The van der Waals surface area contributed by atoms with E-state index in [2.05, 4.69) is 10.6 Å². The van der Waals surface area contributed by atoms with E-state index < -0.39 is 6.04 Å². The summed E-state index contributed by atoms with van der Waals surface area (Å²) in [6.45, 7) is 4.48. The van der Waals surface area contributed by atoms with Crippen LogP contribution in [0.5, 0.6) is 0 Å². The second-order valence-corrected chi connectivity index (χ2v) is 5.39. The highest BCUT2D eigenvalue weighted by Gasteiger charge is 2.32. The Bertz CT molecular complexity index is 562. The van der Waals surface area contributed by atoms with E-state index in [1.807, 2.05) is 13.8 Å². The lowest BCUT2D eigenvalue weighted by atomic mass is 10.1. The number of amides is 2. The SMILES string of the molecule is CCCCNC(=O)CN1C(=O)C(CC)Nc2cc(F)ccc21. The normalized spacial score (nSPS) is 17.0. The number of hydrogen-bond donors (Lipinski definition) is 2. The van der Waals surface area contributed by atoms with Gasteiger partial charge in [0.15, 0.2) is 0 Å². The first-order chi connectivity index (χ1) is 10.6. The topological polar surface area (TPSA) is 61.4 Å². The van der Waals surface area contributed by atoms with E-state index in [-0.39, 0.29) is 24.2 Å². The molecule has 1 aliphatic rings. The number of benzene rings is 1. The van der Waals surface area contributed by atoms with Crippen LogP contribution < -0.4 is 15.5 Å². The van der Waals surface area contributed by atoms with Crippen LogP contribution in [-0.4, -0.2) is 30.9 Å². The number of unbranched alkanes of at least 4 members (excludes halogenated alkanes) is 1. The van der Waals surface area contributed by atoms with Crippen LogP contribution in [0.15, 0.2) is 18.2 Å². The monoisotopic (exact) mass is 307 g/mol. The van der Waals surface area contributed by atoms with Crippen molar-refractivity contribution < 1.29 is 14.0 Å². The van der Waals surface area contributed by atoms with Crippen molar-refractivity contribution in [1.82, 2.24) is 5.32 Å². The molecule has 6 heteroatoms. The third-order valence-corrected chi connectivity index (χ3v) is 3.71. The zero-order valence-electron chi connectivity index (χ0n) is 13.0. The molecular weight excluding hydrogens is 285 g/mol. The minimum atomic E-state index is -0.433. The maximum Gasteiger partial charge on any atom is 0.250 e. The fourth-order valence-electron chi connectivity index (χ4n) is 2.46. The van der Waals surface area contributed by atoms with Crippen LogP contribution in [0.1, 0.15) is 33.1 Å². The largest absolute Gasteiger partial charge is 0.372 e. The molecule has 0 aliphatic carbocycles. The second kappa shape index (κ2) is 7.24. The van der Waals surface area contributed by atoms with Crippen molar-refractivity contribution in [1.29, 1.82) is 0 Å². The Hall–Kier alpha value is -2.11. The molecular formula is C16H22FN3O2. The van der Waals surface area contributed by atoms with E-state index in [1.54, 1.807) is 0 Å². The number of hydrogen-bond acceptors (Lipinski definition) is 3. The van der Waals surface area contributed by atoms with E-state index >= 15 is 0 Å². The highest BCUT2D eigenvalue weighted by molar-refractivity contribution is 6.07. The molecule has 2 rings (SSSR count). The van der Waals surface area contributed by atoms with Gasteiger partial charge in [-0.15, -0.1) is 0 Å². The van der Waals surface area contributed by atoms with Gasteiger partial charge in [-0.25, -0.2) is 4.39 Å². The summed E-state index contributed by atoms with van der Waals surface area (Å²) in [4.78, 5) is 25.9. The number of carbonyl (C=O) groups is 2. The van der Waals surface area contributed by atoms with Gasteiger partial charge in [-0.3, -0.25) is 14.5 Å². The van der Waals surface area contributed by atoms with Crippen LogP contribution in [0.4, 0.5) is 15.8 Å². The van der Waals surface area contributed by atoms with Gasteiger partial charge in [-0.05, 0) is 31.0 Å². The van der Waals surface area contributed by atoms with Gasteiger partial charge >= 0.3 is 0 Å². The highest BCUT2D eigenvalue weighted by atomic mass is 19.1. The van der Waals surface area contributed by atoms with E-state index in [9.17, 15) is 14.0 Å². The van der Waals surface area contributed by atoms with Crippen LogP contribution in [0.25, 0.3) is 0 Å². The molecule has 1 unspecified atom stereocenters. The third kappa shape index (κ3) is 3.55. The van der Waals surface area contributed by atoms with Gasteiger partial charge < -0.3 is 10.6 Å². The van der Waals surface area contributed by atoms with Gasteiger partial charge in [0.05, 0.1) is 11.4 Å². The van der Waals surface area contributed by atoms with Crippen molar-refractivity contribution in [3.8, 4) is 0 Å². The van der Waals surface area contributed by atoms with Crippen LogP contribution >= 0.6 is 0 Å². The molecule has 120 valence electrons. The predicted octanol–water partition coefficient (Wildman–Crippen LogP) is 2.28. The van der Waals surface area contributed by atoms with Crippen LogP contribution in [0.3, 0.4) is 0 Å². The van der Waals surface area contributed by atoms with Crippen LogP contribution in [0, 0.1) is 5.82 Å². The maximum atomic E-state index is 13.4. The Morgan fingerprint density at radius 2 is 2.18 bits per heavy atom. The number of nitrogens with one attached hydrogen (secondary N) is 2. The zero-order valence-corrected chi connectivity index (χ0v) is 13.0. The first kappa shape index (κ1) is 16.3. The fourth-order valence-corrected chi connectivity index (χ4v) is 2.46. The molecule has 2 N–H and O–H groups in total. The molecule has 0 spiro atoms. The molecule has 0 aromatic heterocycles. The third-order valence-electron chi connectivity index (χ3n) is 3.71. The smallest absolute Gasteiger partial charge is 0.250 e. The Labute approximate surface area is 129 Å². The average molecular weight is 307 g/mol. The summed E-state index contributed by atoms with van der Waals surface area (Å²) < 4.78 is 13.4. The number of rotatable bonds is 6. The molecule has 0 saturated carbocycles. The standard InChI is InChI=1S/C16H22FN3O2/c1-3-5-8-18-15(21)10-20-14-7-6-11(17)9-13(14)19-12(4-2)16(20)22/h6-7,9,12,19H,3-5,8,10H2,1-2H3,(H,18,21). The van der Waals surface area contributed by atoms with E-state index in [0.717, 1.165) is 12.8 Å². The summed E-state index contributed by atoms with van der Waals surface area (Å²) in [7, 11) is 0. The van der Waals surface area contributed by atoms with Gasteiger partial charge in [0, 0.05) is 6.54 Å². The van der Waals surface area contributed by atoms with E-state index in [4.69, 9.17) is 0 Å². The highest BCUT2D eigenvalue weighted by Crippen LogP contribution is 2.32. The zero-order chi connectivity index (χ0) is 16.1. The van der Waals surface area contributed by atoms with Crippen LogP contribution in [0.2, 0.25) is 0 Å². The van der Waals surface area contributed by atoms with E-state index in [0.29, 0.717) is 24.3 Å². The van der Waals surface area contributed by atoms with Gasteiger partial charge in [0.2, 0.25) is 11.8 Å². The minimum absolute atomic E-state index is 0.0423. The molecule has 5 nitrogen and oxygen atoms in total. The van der Waals surface area contributed by atoms with Crippen molar-refractivity contribution >= 4 is 23.2 Å². The number of nitrogens with zero attached hydrogens (tertiary/aromatic N) is 1. The molecule has 2 amide bonds. The first-order valence-electron chi connectivity index (χ1n) is 7.71. The number of halogens is 1. The predicted molar refractivity (Wildman–Crippen MR) is 84.4 cm³/mol. The summed E-state index contributed by atoms with van der Waals surface area (Å²) >= 11 is 0. The molecule has 22 heavy (non-hydrogen) atoms. The summed E-state index contributed by atoms with van der Waals surface area (Å²) in [6, 6.07) is 3.74. The molecule has 0 radical (unpaired) electrons. The minimum Gasteiger partial charge on any atom is -0.372 e. The Morgan fingerprint density at radius 3 is 2.86 bits per heavy atom. The molecule has 1 aliphatic heterocycles. The first-order valence-corrected chi connectivity index (χ1v) is 7.71. The molecule has 1 aromatic rings. The Balaban J connectivity index is 2.17. The Kier molecular flexibility index (Phi) is 5.35. The summed E-state index contributed by atoms with van der Waals surface area (Å²) in [5, 5.41) is 5.83. The molecule has 1 aromatic carbocycles. The quantitative estimate of drug-likeness (QED) is 0.793. The van der Waals surface area contributed by atoms with Crippen molar-refractivity contribution in [3.05, 3.63) is 24.0 Å². The van der Waals surface area contributed by atoms with Crippen molar-refractivity contribution in [2.24, 2.45) is 0 Å². The van der Waals surface area contributed by atoms with Gasteiger partial charge in [0.25, 0.3) is 0 Å². The maximum absolute atomic E-state index is 13.4. The molecule has 0 fully saturated rings. The van der Waals surface area contributed by atoms with Crippen LogP contribution in [-0.2, 0) is 9.59 Å². The summed E-state index contributed by atoms with van der Waals surface area (Å²) in [6.07, 6.45) is 2.47. The van der Waals surface area contributed by atoms with E-state index in [1.165, 1.54) is 23.1 Å². The number of fused-ring (bicyclic) bond motifs is 1. The fraction of sp³-hybridized carbons (Fsp3) is 0.500. The van der Waals surface area contributed by atoms with Crippen molar-refractivity contribution in [2.75, 3.05) is 23.3 Å². The van der Waals surface area contributed by atoms with Crippen molar-refractivity contribution in [2.45, 2.75) is 39.2 Å². The number of carbonyl (C=O) groups excluding carboxylic acids is 2. The number of anilines is 2. The lowest BCUT2D eigenvalue weighted by Gasteiger charge is -2.34. The second-order valence-electron chi connectivity index (χ2n) is 5.39. The Morgan fingerprint density at radius 1 is 1.41 bits per heavy atom. The average Bonchev–Trinajstić information content (AvgIpc) is 2.50. The van der Waals surface area contributed by atoms with Gasteiger partial charge in [0.1, 0.15) is 18.4 Å². The van der Waals surface area contributed by atoms with Gasteiger partial charge in [-0.2, -0.15) is 0 Å². The van der Waals surface area contributed by atoms with Gasteiger partial charge in [-0.1, -0.05) is 20.3 Å². The molecule has 1 heterocycles. The molecule has 0 bridgehead atoms. The lowest BCUT2D eigenvalue weighted by Crippen LogP contribution is -2.50. The van der Waals surface area contributed by atoms with Crippen molar-refractivity contribution in [3.63, 3.8) is 0 Å². The summed E-state index contributed by atoms with van der Waals surface area (Å²) in [5.41, 5.74) is 1.09. The molecule has 0 saturated heterocycles.